The Morgan fingerprint density at radius 3 is 2.36 bits per heavy atom. The minimum absolute atomic E-state index is 0.0698. The first-order valence-corrected chi connectivity index (χ1v) is 8.61. The normalized spacial score (nSPS) is 10.5. The monoisotopic (exact) mass is 398 g/mol. The summed E-state index contributed by atoms with van der Waals surface area (Å²) in [7, 11) is 0. The molecule has 1 aromatic heterocycles. The van der Waals surface area contributed by atoms with Crippen molar-refractivity contribution in [3.05, 3.63) is 94.5 Å². The highest BCUT2D eigenvalue weighted by Gasteiger charge is 2.17. The first-order chi connectivity index (χ1) is 12.1. The third kappa shape index (κ3) is 4.73. The number of hydrogen-bond acceptors (Lipinski definition) is 2. The van der Waals surface area contributed by atoms with Crippen LogP contribution in [-0.2, 0) is 17.8 Å². The van der Waals surface area contributed by atoms with Gasteiger partial charge in [0.25, 0.3) is 0 Å². The molecule has 0 N–H and O–H groups in total. The minimum atomic E-state index is -0.311. The minimum Gasteiger partial charge on any atom is -0.306 e. The second kappa shape index (κ2) is 8.03. The molecule has 0 fully saturated rings. The van der Waals surface area contributed by atoms with Gasteiger partial charge in [-0.3, -0.25) is 9.78 Å². The molecule has 3 rings (SSSR count). The maximum absolute atomic E-state index is 13.1. The van der Waals surface area contributed by atoms with E-state index in [2.05, 4.69) is 20.9 Å². The fourth-order valence-electron chi connectivity index (χ4n) is 2.47. The lowest BCUT2D eigenvalue weighted by atomic mass is 10.1. The van der Waals surface area contributed by atoms with Gasteiger partial charge in [-0.25, -0.2) is 4.39 Å². The standard InChI is InChI=1S/C20H16BrFN2O/c21-16-6-10-19(11-7-16)24(14-18-3-1-2-12-23-18)20(25)13-15-4-8-17(22)9-5-15/h1-12H,13-14H2. The van der Waals surface area contributed by atoms with Crippen LogP contribution < -0.4 is 4.90 Å². The number of nitrogens with zero attached hydrogens (tertiary/aromatic N) is 2. The first-order valence-electron chi connectivity index (χ1n) is 7.82. The van der Waals surface area contributed by atoms with Crippen molar-refractivity contribution in [1.29, 1.82) is 0 Å². The molecule has 0 atom stereocenters. The zero-order chi connectivity index (χ0) is 17.6. The lowest BCUT2D eigenvalue weighted by Gasteiger charge is -2.23. The summed E-state index contributed by atoms with van der Waals surface area (Å²) < 4.78 is 14.0. The zero-order valence-electron chi connectivity index (χ0n) is 13.4. The SMILES string of the molecule is O=C(Cc1ccc(F)cc1)N(Cc1ccccn1)c1ccc(Br)cc1. The van der Waals surface area contributed by atoms with Crippen LogP contribution in [0.4, 0.5) is 10.1 Å². The maximum atomic E-state index is 13.1. The van der Waals surface area contributed by atoms with Gasteiger partial charge in [-0.1, -0.05) is 34.1 Å². The molecule has 0 aliphatic heterocycles. The molecule has 25 heavy (non-hydrogen) atoms. The molecule has 3 aromatic rings. The van der Waals surface area contributed by atoms with E-state index in [1.54, 1.807) is 23.2 Å². The first kappa shape index (κ1) is 17.3. The van der Waals surface area contributed by atoms with Gasteiger partial charge in [0.1, 0.15) is 5.82 Å². The molecular weight excluding hydrogens is 383 g/mol. The van der Waals surface area contributed by atoms with Crippen LogP contribution in [0.1, 0.15) is 11.3 Å². The van der Waals surface area contributed by atoms with Gasteiger partial charge in [0.05, 0.1) is 18.7 Å². The van der Waals surface area contributed by atoms with Crippen molar-refractivity contribution in [2.24, 2.45) is 0 Å². The second-order valence-corrected chi connectivity index (χ2v) is 6.50. The van der Waals surface area contributed by atoms with Crippen molar-refractivity contribution in [1.82, 2.24) is 4.98 Å². The Labute approximate surface area is 154 Å². The van der Waals surface area contributed by atoms with E-state index < -0.39 is 0 Å². The second-order valence-electron chi connectivity index (χ2n) is 5.58. The van der Waals surface area contributed by atoms with Gasteiger partial charge in [-0.2, -0.15) is 0 Å². The Balaban J connectivity index is 1.85. The van der Waals surface area contributed by atoms with Crippen LogP contribution in [0.15, 0.2) is 77.4 Å². The van der Waals surface area contributed by atoms with E-state index in [1.807, 2.05) is 42.5 Å². The van der Waals surface area contributed by atoms with E-state index >= 15 is 0 Å². The molecule has 0 saturated heterocycles. The average Bonchev–Trinajstić information content (AvgIpc) is 2.63. The van der Waals surface area contributed by atoms with Crippen LogP contribution in [0.25, 0.3) is 0 Å². The van der Waals surface area contributed by atoms with Gasteiger partial charge in [-0.05, 0) is 54.1 Å². The number of hydrogen-bond donors (Lipinski definition) is 0. The van der Waals surface area contributed by atoms with Crippen LogP contribution in [0.5, 0.6) is 0 Å². The Morgan fingerprint density at radius 1 is 1.00 bits per heavy atom. The highest BCUT2D eigenvalue weighted by molar-refractivity contribution is 9.10. The molecular formula is C20H16BrFN2O. The van der Waals surface area contributed by atoms with Gasteiger partial charge >= 0.3 is 0 Å². The summed E-state index contributed by atoms with van der Waals surface area (Å²) >= 11 is 3.41. The molecule has 5 heteroatoms. The van der Waals surface area contributed by atoms with Gasteiger partial charge in [-0.15, -0.1) is 0 Å². The number of aromatic nitrogens is 1. The van der Waals surface area contributed by atoms with Crippen molar-refractivity contribution in [2.75, 3.05) is 4.90 Å². The predicted molar refractivity (Wildman–Crippen MR) is 99.7 cm³/mol. The van der Waals surface area contributed by atoms with Crippen molar-refractivity contribution < 1.29 is 9.18 Å². The number of benzene rings is 2. The van der Waals surface area contributed by atoms with E-state index in [9.17, 15) is 9.18 Å². The topological polar surface area (TPSA) is 33.2 Å². The fourth-order valence-corrected chi connectivity index (χ4v) is 2.73. The maximum Gasteiger partial charge on any atom is 0.231 e. The number of pyridine rings is 1. The molecule has 0 saturated carbocycles. The summed E-state index contributed by atoms with van der Waals surface area (Å²) in [5.74, 6) is -0.381. The number of amides is 1. The highest BCUT2D eigenvalue weighted by atomic mass is 79.9. The largest absolute Gasteiger partial charge is 0.306 e. The molecule has 0 spiro atoms. The highest BCUT2D eigenvalue weighted by Crippen LogP contribution is 2.21. The number of anilines is 1. The summed E-state index contributed by atoms with van der Waals surface area (Å²) in [4.78, 5) is 18.9. The fraction of sp³-hybridized carbons (Fsp3) is 0.100. The third-order valence-corrected chi connectivity index (χ3v) is 4.28. The van der Waals surface area contributed by atoms with E-state index in [0.29, 0.717) is 6.54 Å². The lowest BCUT2D eigenvalue weighted by Crippen LogP contribution is -2.32. The molecule has 0 aliphatic rings. The summed E-state index contributed by atoms with van der Waals surface area (Å²) in [6, 6.07) is 19.2. The number of carbonyl (C=O) groups is 1. The van der Waals surface area contributed by atoms with Crippen LogP contribution in [0, 0.1) is 5.82 Å². The molecule has 0 aliphatic carbocycles. The molecule has 2 aromatic carbocycles. The Bertz CT molecular complexity index is 836. The van der Waals surface area contributed by atoms with E-state index in [1.165, 1.54) is 12.1 Å². The number of carbonyl (C=O) groups excluding carboxylic acids is 1. The van der Waals surface area contributed by atoms with Crippen molar-refractivity contribution in [3.63, 3.8) is 0 Å². The predicted octanol–water partition coefficient (Wildman–Crippen LogP) is 4.76. The lowest BCUT2D eigenvalue weighted by molar-refractivity contribution is -0.118. The van der Waals surface area contributed by atoms with Crippen LogP contribution in [0.3, 0.4) is 0 Å². The van der Waals surface area contributed by atoms with E-state index in [0.717, 1.165) is 21.4 Å². The Kier molecular flexibility index (Phi) is 5.56. The van der Waals surface area contributed by atoms with Gasteiger partial charge in [0, 0.05) is 16.4 Å². The van der Waals surface area contributed by atoms with Crippen LogP contribution >= 0.6 is 15.9 Å². The molecule has 3 nitrogen and oxygen atoms in total. The quantitative estimate of drug-likeness (QED) is 0.620. The Morgan fingerprint density at radius 2 is 1.72 bits per heavy atom. The molecule has 1 heterocycles. The summed E-state index contributed by atoms with van der Waals surface area (Å²) in [6.07, 6.45) is 1.91. The van der Waals surface area contributed by atoms with Gasteiger partial charge in [0.2, 0.25) is 5.91 Å². The van der Waals surface area contributed by atoms with Gasteiger partial charge < -0.3 is 4.90 Å². The summed E-state index contributed by atoms with van der Waals surface area (Å²) in [6.45, 7) is 0.377. The van der Waals surface area contributed by atoms with Crippen molar-refractivity contribution >= 4 is 27.5 Å². The molecule has 126 valence electrons. The van der Waals surface area contributed by atoms with Crippen LogP contribution in [0.2, 0.25) is 0 Å². The van der Waals surface area contributed by atoms with Crippen LogP contribution in [-0.4, -0.2) is 10.9 Å². The van der Waals surface area contributed by atoms with Crippen molar-refractivity contribution in [3.8, 4) is 0 Å². The Hall–Kier alpha value is -2.53. The van der Waals surface area contributed by atoms with E-state index in [-0.39, 0.29) is 18.1 Å². The molecule has 0 unspecified atom stereocenters. The third-order valence-electron chi connectivity index (χ3n) is 3.75. The van der Waals surface area contributed by atoms with Crippen molar-refractivity contribution in [2.45, 2.75) is 13.0 Å². The molecule has 0 radical (unpaired) electrons. The molecule has 1 amide bonds. The molecule has 0 bridgehead atoms. The summed E-state index contributed by atoms with van der Waals surface area (Å²) in [5, 5.41) is 0. The number of halogens is 2. The summed E-state index contributed by atoms with van der Waals surface area (Å²) in [5.41, 5.74) is 2.37. The number of rotatable bonds is 5. The van der Waals surface area contributed by atoms with E-state index in [4.69, 9.17) is 0 Å². The average molecular weight is 399 g/mol. The zero-order valence-corrected chi connectivity index (χ0v) is 15.0. The smallest absolute Gasteiger partial charge is 0.231 e. The van der Waals surface area contributed by atoms with Gasteiger partial charge in [0.15, 0.2) is 0 Å².